The molecule has 2 aliphatic heterocycles. The molecule has 0 amide bonds. The van der Waals surface area contributed by atoms with Gasteiger partial charge in [-0.1, -0.05) is 13.8 Å². The van der Waals surface area contributed by atoms with Crippen LogP contribution in [0.1, 0.15) is 105 Å². The molecule has 6 rings (SSSR count). The first-order valence-corrected chi connectivity index (χ1v) is 16.0. The summed E-state index contributed by atoms with van der Waals surface area (Å²) in [6, 6.07) is 5.93. The first-order chi connectivity index (χ1) is 22.3. The first-order valence-electron chi connectivity index (χ1n) is 16.0. The van der Waals surface area contributed by atoms with Crippen molar-refractivity contribution < 1.29 is 29.3 Å². The summed E-state index contributed by atoms with van der Waals surface area (Å²) >= 11 is 0. The molecule has 5 heterocycles. The number of methoxy groups -OCH3 is 2. The summed E-state index contributed by atoms with van der Waals surface area (Å²) in [5.41, 5.74) is 8.52. The van der Waals surface area contributed by atoms with Gasteiger partial charge in [-0.2, -0.15) is 0 Å². The number of hydrogen-bond donors (Lipinski definition) is 4. The Labute approximate surface area is 272 Å². The number of fused-ring (bicyclic) bond motifs is 8. The predicted molar refractivity (Wildman–Crippen MR) is 182 cm³/mol. The molecule has 8 bridgehead atoms. The fraction of sp³-hybridized carbons (Fsp3) is 0.405. The quantitative estimate of drug-likeness (QED) is 0.252. The van der Waals surface area contributed by atoms with Crippen molar-refractivity contribution in [1.29, 1.82) is 0 Å². The van der Waals surface area contributed by atoms with E-state index in [-0.39, 0.29) is 35.7 Å². The highest BCUT2D eigenvalue weighted by Crippen LogP contribution is 2.48. The lowest BCUT2D eigenvalue weighted by atomic mass is 9.77. The molecule has 0 saturated carbocycles. The Morgan fingerprint density at radius 2 is 1.66 bits per heavy atom. The van der Waals surface area contributed by atoms with E-state index in [1.54, 1.807) is 13.8 Å². The smallest absolute Gasteiger partial charge is 0.323 e. The SMILES string of the molecule is CCC1=C(C)c2cc3[nH]c(cc4nc(c5c6[nH]c(cc1n2)c(C)c6=C(O)C5(C)C(=O)OC)C(CCC(=O)OC)C4C)c(C)c3=C(C)O. The van der Waals surface area contributed by atoms with Gasteiger partial charge in [-0.3, -0.25) is 14.6 Å². The van der Waals surface area contributed by atoms with Crippen LogP contribution in [0.15, 0.2) is 18.2 Å². The van der Waals surface area contributed by atoms with Crippen molar-refractivity contribution in [3.8, 4) is 0 Å². The fourth-order valence-corrected chi connectivity index (χ4v) is 7.69. The number of esters is 2. The third kappa shape index (κ3) is 4.67. The Balaban J connectivity index is 1.86. The number of nitrogens with one attached hydrogen (secondary N) is 2. The van der Waals surface area contributed by atoms with Crippen LogP contribution in [0.4, 0.5) is 0 Å². The average Bonchev–Trinajstić information content (AvgIpc) is 3.76. The van der Waals surface area contributed by atoms with E-state index in [0.29, 0.717) is 33.6 Å². The molecule has 47 heavy (non-hydrogen) atoms. The maximum Gasteiger partial charge on any atom is 0.323 e. The van der Waals surface area contributed by atoms with E-state index >= 15 is 0 Å². The van der Waals surface area contributed by atoms with E-state index in [1.165, 1.54) is 14.2 Å². The third-order valence-electron chi connectivity index (χ3n) is 10.4. The molecule has 3 aromatic rings. The molecule has 3 atom stereocenters. The van der Waals surface area contributed by atoms with Crippen molar-refractivity contribution in [2.45, 2.75) is 85.0 Å². The van der Waals surface area contributed by atoms with Crippen LogP contribution in [-0.2, 0) is 24.5 Å². The Kier molecular flexibility index (Phi) is 7.81. The van der Waals surface area contributed by atoms with Crippen LogP contribution in [0.25, 0.3) is 44.7 Å². The maximum absolute atomic E-state index is 13.6. The van der Waals surface area contributed by atoms with Crippen molar-refractivity contribution >= 4 is 56.7 Å². The van der Waals surface area contributed by atoms with Gasteiger partial charge in [-0.05, 0) is 87.9 Å². The molecule has 0 saturated heterocycles. The Morgan fingerprint density at radius 1 is 0.979 bits per heavy atom. The number of aliphatic hydroxyl groups is 2. The zero-order chi connectivity index (χ0) is 34.1. The number of allylic oxidation sites excluding steroid dienone is 2. The van der Waals surface area contributed by atoms with Crippen LogP contribution < -0.4 is 10.4 Å². The lowest BCUT2D eigenvalue weighted by Gasteiger charge is -2.26. The van der Waals surface area contributed by atoms with Crippen molar-refractivity contribution in [3.63, 3.8) is 0 Å². The van der Waals surface area contributed by atoms with Gasteiger partial charge in [0.15, 0.2) is 5.41 Å². The van der Waals surface area contributed by atoms with Crippen LogP contribution in [0.3, 0.4) is 0 Å². The number of hydrogen-bond acceptors (Lipinski definition) is 8. The fourth-order valence-electron chi connectivity index (χ4n) is 7.69. The number of aromatic amines is 2. The second-order valence-corrected chi connectivity index (χ2v) is 13.0. The number of nitrogens with zero attached hydrogens (tertiary/aromatic N) is 2. The van der Waals surface area contributed by atoms with E-state index in [9.17, 15) is 19.8 Å². The number of rotatable bonds is 5. The number of carbonyl (C=O) groups is 2. The zero-order valence-electron chi connectivity index (χ0n) is 28.4. The minimum atomic E-state index is -1.54. The molecule has 246 valence electrons. The molecular formula is C37H42N4O6. The van der Waals surface area contributed by atoms with Crippen LogP contribution >= 0.6 is 0 Å². The standard InChI is InChI=1S/C37H42N4O6/c1-10-21-16(2)23-15-28-30(20(6)42)18(4)25(39-28)13-24-17(3)22(11-12-29(43)46-8)33(40-24)32-34-31(35(44)37(32,7)36(45)47-9)19(5)26(41-34)14-27(21)38-23/h13-15,17,22,39,41-42,44H,10-12H2,1-9H3. The lowest BCUT2D eigenvalue weighted by molar-refractivity contribution is -0.145. The summed E-state index contributed by atoms with van der Waals surface area (Å²) in [5.74, 6) is -1.34. The van der Waals surface area contributed by atoms with Gasteiger partial charge in [0.05, 0.1) is 48.1 Å². The summed E-state index contributed by atoms with van der Waals surface area (Å²) < 4.78 is 10.3. The van der Waals surface area contributed by atoms with Gasteiger partial charge in [0.25, 0.3) is 0 Å². The van der Waals surface area contributed by atoms with Crippen LogP contribution in [-0.4, -0.2) is 56.3 Å². The van der Waals surface area contributed by atoms with Gasteiger partial charge in [-0.15, -0.1) is 0 Å². The van der Waals surface area contributed by atoms with Crippen LogP contribution in [0, 0.1) is 13.8 Å². The predicted octanol–water partition coefficient (Wildman–Crippen LogP) is 5.91. The van der Waals surface area contributed by atoms with Gasteiger partial charge >= 0.3 is 11.9 Å². The average molecular weight is 639 g/mol. The molecule has 0 aromatic carbocycles. The second kappa shape index (κ2) is 11.4. The number of aryl methyl sites for hydroxylation is 2. The lowest BCUT2D eigenvalue weighted by Crippen LogP contribution is -2.35. The highest BCUT2D eigenvalue weighted by Gasteiger charge is 2.50. The molecule has 0 fully saturated rings. The summed E-state index contributed by atoms with van der Waals surface area (Å²) in [6.07, 6.45) is 1.32. The molecule has 0 radical (unpaired) electrons. The minimum Gasteiger partial charge on any atom is -0.512 e. The highest BCUT2D eigenvalue weighted by atomic mass is 16.5. The van der Waals surface area contributed by atoms with Gasteiger partial charge < -0.3 is 29.7 Å². The molecular weight excluding hydrogens is 596 g/mol. The number of carbonyl (C=O) groups excluding carboxylic acids is 2. The van der Waals surface area contributed by atoms with E-state index in [4.69, 9.17) is 19.4 Å². The number of aliphatic hydroxyl groups excluding tert-OH is 2. The van der Waals surface area contributed by atoms with Crippen LogP contribution in [0.5, 0.6) is 0 Å². The van der Waals surface area contributed by atoms with Gasteiger partial charge in [0.2, 0.25) is 0 Å². The monoisotopic (exact) mass is 638 g/mol. The van der Waals surface area contributed by atoms with E-state index < -0.39 is 11.4 Å². The zero-order valence-corrected chi connectivity index (χ0v) is 28.4. The summed E-state index contributed by atoms with van der Waals surface area (Å²) in [4.78, 5) is 43.3. The molecule has 10 nitrogen and oxygen atoms in total. The molecule has 3 aliphatic rings. The topological polar surface area (TPSA) is 150 Å². The number of H-pyrrole nitrogens is 2. The minimum absolute atomic E-state index is 0.108. The molecule has 3 aromatic heterocycles. The molecule has 1 aliphatic carbocycles. The van der Waals surface area contributed by atoms with Crippen LogP contribution in [0.2, 0.25) is 0 Å². The number of ether oxygens (including phenoxy) is 2. The first kappa shape index (κ1) is 32.1. The van der Waals surface area contributed by atoms with E-state index in [2.05, 4.69) is 23.8 Å². The Bertz CT molecular complexity index is 2200. The van der Waals surface area contributed by atoms with Gasteiger partial charge in [0.1, 0.15) is 5.76 Å². The van der Waals surface area contributed by atoms with E-state index in [0.717, 1.165) is 62.3 Å². The van der Waals surface area contributed by atoms with Crippen molar-refractivity contribution in [3.05, 3.63) is 68.1 Å². The van der Waals surface area contributed by atoms with Crippen molar-refractivity contribution in [1.82, 2.24) is 19.9 Å². The second-order valence-electron chi connectivity index (χ2n) is 13.0. The van der Waals surface area contributed by atoms with Crippen molar-refractivity contribution in [2.75, 3.05) is 14.2 Å². The molecule has 3 unspecified atom stereocenters. The Hall–Kier alpha value is -4.86. The largest absolute Gasteiger partial charge is 0.512 e. The van der Waals surface area contributed by atoms with Crippen molar-refractivity contribution in [2.24, 2.45) is 0 Å². The van der Waals surface area contributed by atoms with Gasteiger partial charge in [-0.25, -0.2) is 4.98 Å². The number of aromatic nitrogens is 4. The normalized spacial score (nSPS) is 20.9. The third-order valence-corrected chi connectivity index (χ3v) is 10.4. The summed E-state index contributed by atoms with van der Waals surface area (Å²) in [7, 11) is 2.67. The van der Waals surface area contributed by atoms with E-state index in [1.807, 2.05) is 39.0 Å². The molecule has 10 heteroatoms. The summed E-state index contributed by atoms with van der Waals surface area (Å²) in [5, 5.41) is 24.0. The van der Waals surface area contributed by atoms with Gasteiger partial charge in [0, 0.05) is 51.0 Å². The Morgan fingerprint density at radius 3 is 2.30 bits per heavy atom. The maximum atomic E-state index is 13.6. The molecule has 0 spiro atoms. The highest BCUT2D eigenvalue weighted by molar-refractivity contribution is 6.01. The molecule has 4 N–H and O–H groups in total. The summed E-state index contributed by atoms with van der Waals surface area (Å²) in [6.45, 7) is 13.4.